The predicted molar refractivity (Wildman–Crippen MR) is 56.9 cm³/mol. The van der Waals surface area contributed by atoms with Crippen LogP contribution in [-0.2, 0) is 9.05 Å². The topological polar surface area (TPSA) is 57.9 Å². The molecule has 0 aliphatic rings. The zero-order chi connectivity index (χ0) is 12.5. The maximum atomic E-state index is 12.5. The molecule has 0 amide bonds. The van der Waals surface area contributed by atoms with Crippen LogP contribution in [0.3, 0.4) is 0 Å². The van der Waals surface area contributed by atoms with Gasteiger partial charge in [0, 0.05) is 20.7 Å². The summed E-state index contributed by atoms with van der Waals surface area (Å²) >= 11 is 2.85. The third-order valence-electron chi connectivity index (χ3n) is 1.72. The fraction of sp³-hybridized carbons (Fsp3) is 0.125. The fourth-order valence-corrected chi connectivity index (χ4v) is 3.24. The van der Waals surface area contributed by atoms with Crippen molar-refractivity contribution in [3.05, 3.63) is 27.7 Å². The van der Waals surface area contributed by atoms with E-state index in [0.29, 0.717) is 6.07 Å². The quantitative estimate of drug-likeness (QED) is 0.783. The first-order valence-electron chi connectivity index (χ1n) is 3.73. The Morgan fingerprint density at radius 1 is 1.44 bits per heavy atom. The molecule has 0 atom stereocenters. The number of halogens is 4. The molecule has 0 aliphatic carbocycles. The van der Waals surface area contributed by atoms with Gasteiger partial charge in [-0.05, 0) is 28.1 Å². The molecule has 0 saturated carbocycles. The molecule has 1 rings (SSSR count). The number of hydrogen-bond acceptors (Lipinski definition) is 3. The summed E-state index contributed by atoms with van der Waals surface area (Å²) in [6.07, 6.45) is -2.94. The summed E-state index contributed by atoms with van der Waals surface area (Å²) in [5, 5.41) is 8.60. The van der Waals surface area contributed by atoms with E-state index in [-0.39, 0.29) is 10.0 Å². The third-order valence-corrected chi connectivity index (χ3v) is 4.00. The molecule has 3 nitrogen and oxygen atoms in total. The zero-order valence-electron chi connectivity index (χ0n) is 7.42. The van der Waals surface area contributed by atoms with Crippen LogP contribution in [0.2, 0.25) is 0 Å². The van der Waals surface area contributed by atoms with Gasteiger partial charge in [-0.15, -0.1) is 0 Å². The van der Waals surface area contributed by atoms with Crippen LogP contribution in [0.5, 0.6) is 0 Å². The van der Waals surface area contributed by atoms with Gasteiger partial charge in [-0.3, -0.25) is 0 Å². The molecule has 0 heterocycles. The van der Waals surface area contributed by atoms with E-state index in [9.17, 15) is 17.2 Å². The van der Waals surface area contributed by atoms with Gasteiger partial charge in [0.2, 0.25) is 0 Å². The maximum Gasteiger partial charge on any atom is 0.265 e. The molecule has 0 aromatic heterocycles. The number of nitrogens with zero attached hydrogens (tertiary/aromatic N) is 1. The Labute approximate surface area is 103 Å². The summed E-state index contributed by atoms with van der Waals surface area (Å²) in [6, 6.07) is 3.24. The average molecular weight is 331 g/mol. The highest BCUT2D eigenvalue weighted by Gasteiger charge is 2.21. The number of rotatable bonds is 2. The Morgan fingerprint density at radius 2 is 2.00 bits per heavy atom. The van der Waals surface area contributed by atoms with E-state index >= 15 is 0 Å². The van der Waals surface area contributed by atoms with E-state index in [4.69, 9.17) is 15.9 Å². The van der Waals surface area contributed by atoms with Crippen molar-refractivity contribution in [1.29, 1.82) is 5.26 Å². The molecule has 8 heteroatoms. The molecule has 1 aromatic carbocycles. The lowest BCUT2D eigenvalue weighted by Gasteiger charge is -2.06. The van der Waals surface area contributed by atoms with Crippen molar-refractivity contribution in [1.82, 2.24) is 0 Å². The molecule has 16 heavy (non-hydrogen) atoms. The molecular weight excluding hydrogens is 328 g/mol. The van der Waals surface area contributed by atoms with Crippen molar-refractivity contribution in [3.63, 3.8) is 0 Å². The monoisotopic (exact) mass is 329 g/mol. The summed E-state index contributed by atoms with van der Waals surface area (Å²) in [6.45, 7) is 0. The maximum absolute atomic E-state index is 12.5. The zero-order valence-corrected chi connectivity index (χ0v) is 10.6. The Hall–Kier alpha value is -0.710. The minimum atomic E-state index is -4.13. The molecule has 0 radical (unpaired) electrons. The van der Waals surface area contributed by atoms with Crippen LogP contribution in [0.25, 0.3) is 0 Å². The first kappa shape index (κ1) is 13.4. The van der Waals surface area contributed by atoms with Crippen molar-refractivity contribution in [2.45, 2.75) is 11.3 Å². The Balaban J connectivity index is 3.60. The van der Waals surface area contributed by atoms with E-state index in [2.05, 4.69) is 15.9 Å². The van der Waals surface area contributed by atoms with Crippen LogP contribution in [0.15, 0.2) is 21.5 Å². The summed E-state index contributed by atoms with van der Waals surface area (Å²) < 4.78 is 47.1. The number of hydrogen-bond donors (Lipinski definition) is 0. The lowest BCUT2D eigenvalue weighted by Crippen LogP contribution is -1.98. The molecule has 0 bridgehead atoms. The molecule has 0 unspecified atom stereocenters. The predicted octanol–water partition coefficient (Wildman–Crippen LogP) is 3.19. The highest BCUT2D eigenvalue weighted by atomic mass is 79.9. The summed E-state index contributed by atoms with van der Waals surface area (Å²) in [7, 11) is 0.919. The number of alkyl halides is 2. The van der Waals surface area contributed by atoms with Crippen LogP contribution in [0.4, 0.5) is 8.78 Å². The first-order chi connectivity index (χ1) is 7.27. The first-order valence-corrected chi connectivity index (χ1v) is 6.84. The van der Waals surface area contributed by atoms with Crippen molar-refractivity contribution in [2.75, 3.05) is 0 Å². The second-order valence-corrected chi connectivity index (χ2v) is 6.11. The lowest BCUT2D eigenvalue weighted by atomic mass is 10.1. The SMILES string of the molecule is N#Cc1cc(Br)c(S(=O)(=O)Cl)cc1C(F)F. The molecule has 0 aliphatic heterocycles. The van der Waals surface area contributed by atoms with Gasteiger partial charge in [-0.25, -0.2) is 17.2 Å². The molecular formula is C8H3BrClF2NO2S. The van der Waals surface area contributed by atoms with Crippen molar-refractivity contribution >= 4 is 35.7 Å². The standard InChI is InChI=1S/C8H3BrClF2NO2S/c9-6-1-4(3-13)5(8(11)12)2-7(6)16(10,14)15/h1-2,8H. The van der Waals surface area contributed by atoms with Crippen molar-refractivity contribution in [3.8, 4) is 6.07 Å². The van der Waals surface area contributed by atoms with Crippen LogP contribution in [0, 0.1) is 11.3 Å². The lowest BCUT2D eigenvalue weighted by molar-refractivity contribution is 0.151. The van der Waals surface area contributed by atoms with Gasteiger partial charge in [-0.2, -0.15) is 5.26 Å². The van der Waals surface area contributed by atoms with Crippen LogP contribution in [-0.4, -0.2) is 8.42 Å². The van der Waals surface area contributed by atoms with Gasteiger partial charge in [0.25, 0.3) is 15.5 Å². The van der Waals surface area contributed by atoms with Gasteiger partial charge in [0.1, 0.15) is 0 Å². The van der Waals surface area contributed by atoms with Gasteiger partial charge < -0.3 is 0 Å². The summed E-state index contributed by atoms with van der Waals surface area (Å²) in [5.74, 6) is 0. The van der Waals surface area contributed by atoms with E-state index < -0.39 is 25.9 Å². The van der Waals surface area contributed by atoms with Gasteiger partial charge in [0.05, 0.1) is 16.5 Å². The van der Waals surface area contributed by atoms with Gasteiger partial charge >= 0.3 is 0 Å². The molecule has 1 aromatic rings. The number of benzene rings is 1. The highest BCUT2D eigenvalue weighted by molar-refractivity contribution is 9.10. The minimum Gasteiger partial charge on any atom is -0.207 e. The van der Waals surface area contributed by atoms with Gasteiger partial charge in [-0.1, -0.05) is 0 Å². The van der Waals surface area contributed by atoms with E-state index in [1.165, 1.54) is 0 Å². The van der Waals surface area contributed by atoms with E-state index in [1.807, 2.05) is 0 Å². The van der Waals surface area contributed by atoms with Crippen molar-refractivity contribution in [2.24, 2.45) is 0 Å². The Kier molecular flexibility index (Phi) is 3.88. The molecule has 0 fully saturated rings. The number of nitriles is 1. The largest absolute Gasteiger partial charge is 0.265 e. The van der Waals surface area contributed by atoms with Crippen LogP contribution in [0.1, 0.15) is 17.6 Å². The van der Waals surface area contributed by atoms with Gasteiger partial charge in [0.15, 0.2) is 0 Å². The Bertz CT molecular complexity index is 568. The minimum absolute atomic E-state index is 0.0246. The van der Waals surface area contributed by atoms with Crippen LogP contribution < -0.4 is 0 Å². The average Bonchev–Trinajstić information content (AvgIpc) is 2.14. The molecule has 86 valence electrons. The van der Waals surface area contributed by atoms with E-state index in [0.717, 1.165) is 6.07 Å². The van der Waals surface area contributed by atoms with Crippen molar-refractivity contribution < 1.29 is 17.2 Å². The molecule has 0 saturated heterocycles. The molecule has 0 N–H and O–H groups in total. The smallest absolute Gasteiger partial charge is 0.207 e. The summed E-state index contributed by atoms with van der Waals surface area (Å²) in [5.41, 5.74) is -0.962. The normalized spacial score (nSPS) is 11.5. The summed E-state index contributed by atoms with van der Waals surface area (Å²) in [4.78, 5) is -0.483. The Morgan fingerprint density at radius 3 is 2.38 bits per heavy atom. The molecule has 0 spiro atoms. The van der Waals surface area contributed by atoms with E-state index in [1.54, 1.807) is 6.07 Å². The van der Waals surface area contributed by atoms with Crippen LogP contribution >= 0.6 is 26.6 Å². The second kappa shape index (κ2) is 4.65. The fourth-order valence-electron chi connectivity index (χ4n) is 1.03. The third kappa shape index (κ3) is 2.70. The second-order valence-electron chi connectivity index (χ2n) is 2.72. The highest BCUT2D eigenvalue weighted by Crippen LogP contribution is 2.32.